The summed E-state index contributed by atoms with van der Waals surface area (Å²) in [7, 11) is 0. The van der Waals surface area contributed by atoms with Crippen molar-refractivity contribution in [2.75, 3.05) is 6.54 Å². The number of imidazole rings is 1. The van der Waals surface area contributed by atoms with Crippen LogP contribution in [0.1, 0.15) is 72.5 Å². The van der Waals surface area contributed by atoms with Crippen LogP contribution in [0.5, 0.6) is 0 Å². The lowest BCUT2D eigenvalue weighted by Crippen LogP contribution is -2.33. The van der Waals surface area contributed by atoms with Crippen LogP contribution in [0.25, 0.3) is 6.08 Å². The van der Waals surface area contributed by atoms with Gasteiger partial charge in [0.2, 0.25) is 0 Å². The van der Waals surface area contributed by atoms with E-state index < -0.39 is 5.97 Å². The van der Waals surface area contributed by atoms with Gasteiger partial charge in [-0.15, -0.1) is 0 Å². The van der Waals surface area contributed by atoms with E-state index in [0.29, 0.717) is 25.3 Å². The molecule has 1 saturated heterocycles. The van der Waals surface area contributed by atoms with Gasteiger partial charge < -0.3 is 9.67 Å². The maximum absolute atomic E-state index is 13.4. The molecule has 3 amide bonds. The Balaban J connectivity index is 1.71. The Labute approximate surface area is 220 Å². The smallest absolute Gasteiger partial charge is 0.335 e. The highest BCUT2D eigenvalue weighted by Gasteiger charge is 2.40. The minimum Gasteiger partial charge on any atom is -0.478 e. The molecule has 1 aliphatic heterocycles. The number of carbonyl (C=O) groups excluding carboxylic acids is 2. The molecule has 2 aromatic heterocycles. The van der Waals surface area contributed by atoms with Gasteiger partial charge in [-0.3, -0.25) is 14.6 Å². The standard InChI is InChI=1S/C28H32N4O4S/c1-3-5-7-25-29-16-23(31(25)17-20-8-10-22(11-9-20)27(34)35)15-24-26(33)30(13-6-4-2)28(36)32(24)18-21-12-14-37-19-21/h8-12,14-16,19H,3-7,13,17-18H2,1-2H3,(H,34,35)/b24-15-. The summed E-state index contributed by atoms with van der Waals surface area (Å²) in [5.74, 6) is -0.367. The van der Waals surface area contributed by atoms with E-state index in [1.165, 1.54) is 4.90 Å². The molecular weight excluding hydrogens is 488 g/mol. The van der Waals surface area contributed by atoms with Crippen molar-refractivity contribution >= 4 is 35.3 Å². The van der Waals surface area contributed by atoms with E-state index >= 15 is 0 Å². The number of benzene rings is 1. The summed E-state index contributed by atoms with van der Waals surface area (Å²) >= 11 is 1.56. The average molecular weight is 521 g/mol. The molecule has 3 heterocycles. The lowest BCUT2D eigenvalue weighted by Gasteiger charge is -2.17. The highest BCUT2D eigenvalue weighted by molar-refractivity contribution is 7.07. The maximum atomic E-state index is 13.4. The number of urea groups is 1. The van der Waals surface area contributed by atoms with Crippen LogP contribution >= 0.6 is 11.3 Å². The number of nitrogens with zero attached hydrogens (tertiary/aromatic N) is 4. The van der Waals surface area contributed by atoms with E-state index in [0.717, 1.165) is 54.7 Å². The zero-order chi connectivity index (χ0) is 26.4. The number of hydrogen-bond acceptors (Lipinski definition) is 5. The number of unbranched alkanes of at least 4 members (excludes halogenated alkanes) is 2. The van der Waals surface area contributed by atoms with E-state index in [4.69, 9.17) is 0 Å². The largest absolute Gasteiger partial charge is 0.478 e. The number of carbonyl (C=O) groups is 3. The van der Waals surface area contributed by atoms with Crippen molar-refractivity contribution in [3.05, 3.63) is 81.2 Å². The molecule has 0 spiro atoms. The van der Waals surface area contributed by atoms with Gasteiger partial charge in [-0.1, -0.05) is 38.8 Å². The van der Waals surface area contributed by atoms with Crippen molar-refractivity contribution in [1.82, 2.24) is 19.4 Å². The fourth-order valence-electron chi connectivity index (χ4n) is 4.30. The third-order valence-corrected chi connectivity index (χ3v) is 7.15. The molecule has 37 heavy (non-hydrogen) atoms. The van der Waals surface area contributed by atoms with Gasteiger partial charge in [0.05, 0.1) is 24.0 Å². The second kappa shape index (κ2) is 12.0. The Morgan fingerprint density at radius 1 is 1.00 bits per heavy atom. The van der Waals surface area contributed by atoms with E-state index in [1.807, 2.05) is 28.3 Å². The minimum atomic E-state index is -0.967. The van der Waals surface area contributed by atoms with Crippen LogP contribution in [0.15, 0.2) is 53.0 Å². The molecule has 0 saturated carbocycles. The van der Waals surface area contributed by atoms with Crippen molar-refractivity contribution in [3.63, 3.8) is 0 Å². The van der Waals surface area contributed by atoms with Crippen LogP contribution in [0, 0.1) is 0 Å². The zero-order valence-corrected chi connectivity index (χ0v) is 22.0. The fourth-order valence-corrected chi connectivity index (χ4v) is 4.96. The number of aromatic carboxylic acids is 1. The first kappa shape index (κ1) is 26.3. The van der Waals surface area contributed by atoms with Gasteiger partial charge >= 0.3 is 12.0 Å². The van der Waals surface area contributed by atoms with E-state index in [9.17, 15) is 19.5 Å². The van der Waals surface area contributed by atoms with Crippen molar-refractivity contribution in [2.45, 2.75) is 59.0 Å². The first-order valence-electron chi connectivity index (χ1n) is 12.7. The van der Waals surface area contributed by atoms with Gasteiger partial charge in [-0.2, -0.15) is 11.3 Å². The summed E-state index contributed by atoms with van der Waals surface area (Å²) in [6.45, 7) is 5.35. The second-order valence-corrected chi connectivity index (χ2v) is 9.91. The molecule has 1 fully saturated rings. The third kappa shape index (κ3) is 5.99. The molecule has 194 valence electrons. The number of amides is 3. The zero-order valence-electron chi connectivity index (χ0n) is 21.2. The van der Waals surface area contributed by atoms with Crippen LogP contribution in [-0.2, 0) is 24.3 Å². The number of aromatic nitrogens is 2. The summed E-state index contributed by atoms with van der Waals surface area (Å²) in [5.41, 5.74) is 3.21. The number of imide groups is 1. The predicted molar refractivity (Wildman–Crippen MR) is 143 cm³/mol. The van der Waals surface area contributed by atoms with Gasteiger partial charge in [0.25, 0.3) is 5.91 Å². The van der Waals surface area contributed by atoms with Crippen molar-refractivity contribution in [2.24, 2.45) is 0 Å². The molecule has 0 aliphatic carbocycles. The van der Waals surface area contributed by atoms with E-state index in [-0.39, 0.29) is 17.5 Å². The number of carboxylic acids is 1. The molecule has 4 rings (SSSR count). The molecule has 1 aromatic carbocycles. The average Bonchev–Trinajstić information content (AvgIpc) is 3.59. The molecule has 9 heteroatoms. The van der Waals surface area contributed by atoms with Crippen molar-refractivity contribution in [1.29, 1.82) is 0 Å². The van der Waals surface area contributed by atoms with Gasteiger partial charge in [0.15, 0.2) is 0 Å². The molecule has 3 aromatic rings. The van der Waals surface area contributed by atoms with Gasteiger partial charge in [-0.05, 0) is 59.0 Å². The summed E-state index contributed by atoms with van der Waals surface area (Å²) in [4.78, 5) is 45.5. The Morgan fingerprint density at radius 2 is 1.76 bits per heavy atom. The molecular formula is C28H32N4O4S. The number of carboxylic acid groups (broad SMARTS) is 1. The molecule has 0 radical (unpaired) electrons. The van der Waals surface area contributed by atoms with Crippen LogP contribution < -0.4 is 0 Å². The third-order valence-electron chi connectivity index (χ3n) is 6.42. The topological polar surface area (TPSA) is 95.7 Å². The highest BCUT2D eigenvalue weighted by atomic mass is 32.1. The molecule has 1 N–H and O–H groups in total. The quantitative estimate of drug-likeness (QED) is 0.246. The molecule has 1 aliphatic rings. The van der Waals surface area contributed by atoms with Gasteiger partial charge in [0, 0.05) is 19.5 Å². The first-order valence-corrected chi connectivity index (χ1v) is 13.6. The van der Waals surface area contributed by atoms with Crippen molar-refractivity contribution < 1.29 is 19.5 Å². The summed E-state index contributed by atoms with van der Waals surface area (Å²) in [6.07, 6.45) is 7.92. The lowest BCUT2D eigenvalue weighted by molar-refractivity contribution is -0.123. The van der Waals surface area contributed by atoms with Crippen LogP contribution in [0.2, 0.25) is 0 Å². The molecule has 0 atom stereocenters. The Morgan fingerprint density at radius 3 is 2.41 bits per heavy atom. The highest BCUT2D eigenvalue weighted by Crippen LogP contribution is 2.27. The Hall–Kier alpha value is -3.72. The summed E-state index contributed by atoms with van der Waals surface area (Å²) < 4.78 is 2.05. The number of hydrogen-bond donors (Lipinski definition) is 1. The monoisotopic (exact) mass is 520 g/mol. The number of aryl methyl sites for hydroxylation is 1. The summed E-state index contributed by atoms with van der Waals surface area (Å²) in [5, 5.41) is 13.2. The lowest BCUT2D eigenvalue weighted by atomic mass is 10.1. The first-order chi connectivity index (χ1) is 17.9. The SMILES string of the molecule is CCCCc1ncc(/C=C2/C(=O)N(CCCC)C(=O)N2Cc2ccsc2)n1Cc1ccc(C(=O)O)cc1. The number of thiophene rings is 1. The normalized spacial score (nSPS) is 14.8. The van der Waals surface area contributed by atoms with Gasteiger partial charge in [0.1, 0.15) is 11.5 Å². The van der Waals surface area contributed by atoms with Gasteiger partial charge in [-0.25, -0.2) is 14.6 Å². The minimum absolute atomic E-state index is 0.231. The van der Waals surface area contributed by atoms with Crippen LogP contribution in [0.3, 0.4) is 0 Å². The molecule has 0 unspecified atom stereocenters. The number of rotatable bonds is 12. The van der Waals surface area contributed by atoms with E-state index in [1.54, 1.807) is 52.8 Å². The van der Waals surface area contributed by atoms with Crippen LogP contribution in [0.4, 0.5) is 4.79 Å². The van der Waals surface area contributed by atoms with E-state index in [2.05, 4.69) is 11.9 Å². The second-order valence-electron chi connectivity index (χ2n) is 9.13. The Kier molecular flexibility index (Phi) is 8.55. The Bertz CT molecular complexity index is 1280. The molecule has 8 nitrogen and oxygen atoms in total. The van der Waals surface area contributed by atoms with Crippen LogP contribution in [-0.4, -0.2) is 48.9 Å². The molecule has 0 bridgehead atoms. The fraction of sp³-hybridized carbons (Fsp3) is 0.357. The maximum Gasteiger partial charge on any atom is 0.335 e. The predicted octanol–water partition coefficient (Wildman–Crippen LogP) is 5.64. The summed E-state index contributed by atoms with van der Waals surface area (Å²) in [6, 6.07) is 8.44. The van der Waals surface area contributed by atoms with Crippen molar-refractivity contribution in [3.8, 4) is 0 Å².